The van der Waals surface area contributed by atoms with Gasteiger partial charge in [-0.3, -0.25) is 0 Å². The molecule has 0 fully saturated rings. The van der Waals surface area contributed by atoms with Gasteiger partial charge >= 0.3 is 0 Å². The molecule has 0 heterocycles. The summed E-state index contributed by atoms with van der Waals surface area (Å²) in [4.78, 5) is 0. The Morgan fingerprint density at radius 3 is 1.92 bits per heavy atom. The second-order valence-corrected chi connectivity index (χ2v) is 3.22. The molecule has 0 aliphatic carbocycles. The lowest BCUT2D eigenvalue weighted by molar-refractivity contribution is 0.119. The number of aliphatic hydroxyl groups is 1. The average Bonchev–Trinajstić information content (AvgIpc) is 2.17. The Morgan fingerprint density at radius 2 is 1.54 bits per heavy atom. The van der Waals surface area contributed by atoms with Crippen LogP contribution in [0.5, 0.6) is 0 Å². The van der Waals surface area contributed by atoms with Gasteiger partial charge in [-0.15, -0.1) is 0 Å². The van der Waals surface area contributed by atoms with Gasteiger partial charge in [-0.05, 0) is 25.0 Å². The number of aliphatic hydroxyl groups excluding tert-OH is 1. The molecule has 1 rings (SSSR count). The number of hydrogen-bond acceptors (Lipinski definition) is 2. The van der Waals surface area contributed by atoms with E-state index < -0.39 is 6.10 Å². The lowest BCUT2D eigenvalue weighted by Crippen LogP contribution is -1.97. The molecule has 0 aliphatic heterocycles. The van der Waals surface area contributed by atoms with E-state index in [0.717, 1.165) is 11.1 Å². The summed E-state index contributed by atoms with van der Waals surface area (Å²) in [7, 11) is 1.69. The van der Waals surface area contributed by atoms with Gasteiger partial charge in [0.2, 0.25) is 0 Å². The summed E-state index contributed by atoms with van der Waals surface area (Å²) in [6.45, 7) is 3.76. The first-order chi connectivity index (χ1) is 6.15. The fraction of sp³-hybridized carbons (Fsp3) is 0.455. The van der Waals surface area contributed by atoms with E-state index in [2.05, 4.69) is 0 Å². The first-order valence-corrected chi connectivity index (χ1v) is 4.46. The summed E-state index contributed by atoms with van der Waals surface area (Å²) < 4.78 is 5.17. The Kier molecular flexibility index (Phi) is 3.46. The third-order valence-electron chi connectivity index (χ3n) is 2.24. The van der Waals surface area contributed by atoms with E-state index in [4.69, 9.17) is 4.74 Å². The van der Waals surface area contributed by atoms with Gasteiger partial charge in [-0.2, -0.15) is 0 Å². The molecule has 72 valence electrons. The Balaban J connectivity index is 2.81. The molecule has 0 unspecified atom stereocenters. The van der Waals surface area contributed by atoms with Crippen LogP contribution in [-0.4, -0.2) is 12.2 Å². The molecule has 0 amide bonds. The van der Waals surface area contributed by atoms with E-state index in [1.807, 2.05) is 31.2 Å². The van der Waals surface area contributed by atoms with Crippen LogP contribution in [0.15, 0.2) is 24.3 Å². The fourth-order valence-electron chi connectivity index (χ4n) is 1.18. The highest BCUT2D eigenvalue weighted by atomic mass is 16.5. The molecule has 2 atom stereocenters. The second-order valence-electron chi connectivity index (χ2n) is 3.22. The van der Waals surface area contributed by atoms with Crippen LogP contribution >= 0.6 is 0 Å². The maximum absolute atomic E-state index is 9.28. The van der Waals surface area contributed by atoms with Crippen molar-refractivity contribution < 1.29 is 9.84 Å². The van der Waals surface area contributed by atoms with Gasteiger partial charge in [-0.1, -0.05) is 24.3 Å². The molecule has 2 heteroatoms. The van der Waals surface area contributed by atoms with Crippen LogP contribution < -0.4 is 0 Å². The van der Waals surface area contributed by atoms with Crippen molar-refractivity contribution in [1.29, 1.82) is 0 Å². The molecule has 0 spiro atoms. The van der Waals surface area contributed by atoms with E-state index in [9.17, 15) is 5.11 Å². The zero-order chi connectivity index (χ0) is 9.84. The molecule has 13 heavy (non-hydrogen) atoms. The lowest BCUT2D eigenvalue weighted by Gasteiger charge is -2.11. The monoisotopic (exact) mass is 180 g/mol. The second kappa shape index (κ2) is 4.40. The Labute approximate surface area is 79.2 Å². The minimum Gasteiger partial charge on any atom is -0.389 e. The van der Waals surface area contributed by atoms with E-state index in [1.165, 1.54) is 0 Å². The molecule has 0 radical (unpaired) electrons. The van der Waals surface area contributed by atoms with Crippen LogP contribution in [0.3, 0.4) is 0 Å². The molecular formula is C11H16O2. The van der Waals surface area contributed by atoms with E-state index >= 15 is 0 Å². The van der Waals surface area contributed by atoms with Crippen LogP contribution in [0, 0.1) is 0 Å². The largest absolute Gasteiger partial charge is 0.389 e. The summed E-state index contributed by atoms with van der Waals surface area (Å²) in [6, 6.07) is 7.82. The predicted octanol–water partition coefficient (Wildman–Crippen LogP) is 2.45. The van der Waals surface area contributed by atoms with Crippen molar-refractivity contribution in [2.75, 3.05) is 7.11 Å². The molecule has 0 aliphatic rings. The highest BCUT2D eigenvalue weighted by Crippen LogP contribution is 2.18. The predicted molar refractivity (Wildman–Crippen MR) is 52.5 cm³/mol. The van der Waals surface area contributed by atoms with Gasteiger partial charge in [0.25, 0.3) is 0 Å². The molecule has 2 nitrogen and oxygen atoms in total. The van der Waals surface area contributed by atoms with Crippen molar-refractivity contribution in [3.63, 3.8) is 0 Å². The van der Waals surface area contributed by atoms with Gasteiger partial charge in [0, 0.05) is 7.11 Å². The van der Waals surface area contributed by atoms with Gasteiger partial charge < -0.3 is 9.84 Å². The van der Waals surface area contributed by atoms with Crippen molar-refractivity contribution in [3.8, 4) is 0 Å². The van der Waals surface area contributed by atoms with Crippen molar-refractivity contribution in [2.45, 2.75) is 26.1 Å². The molecule has 0 aromatic heterocycles. The van der Waals surface area contributed by atoms with Crippen molar-refractivity contribution in [3.05, 3.63) is 35.4 Å². The summed E-state index contributed by atoms with van der Waals surface area (Å²) in [5.74, 6) is 0. The van der Waals surface area contributed by atoms with Crippen molar-refractivity contribution in [2.24, 2.45) is 0 Å². The summed E-state index contributed by atoms with van der Waals surface area (Å²) >= 11 is 0. The maximum atomic E-state index is 9.28. The zero-order valence-electron chi connectivity index (χ0n) is 8.32. The Morgan fingerprint density at radius 1 is 1.08 bits per heavy atom. The number of hydrogen-bond donors (Lipinski definition) is 1. The molecule has 1 aromatic rings. The van der Waals surface area contributed by atoms with Crippen LogP contribution in [0.25, 0.3) is 0 Å². The van der Waals surface area contributed by atoms with Crippen LogP contribution in [-0.2, 0) is 4.74 Å². The van der Waals surface area contributed by atoms with Crippen molar-refractivity contribution >= 4 is 0 Å². The number of rotatable bonds is 3. The number of benzene rings is 1. The fourth-order valence-corrected chi connectivity index (χ4v) is 1.18. The molecular weight excluding hydrogens is 164 g/mol. The Hall–Kier alpha value is -0.860. The highest BCUT2D eigenvalue weighted by molar-refractivity contribution is 5.25. The standard InChI is InChI=1S/C11H16O2/c1-8(12)10-4-6-11(7-5-10)9(2)13-3/h4-9,12H,1-3H3/t8-,9+/m0/s1. The smallest absolute Gasteiger partial charge is 0.0793 e. The minimum atomic E-state index is -0.396. The molecule has 1 aromatic carbocycles. The minimum absolute atomic E-state index is 0.114. The molecule has 1 N–H and O–H groups in total. The topological polar surface area (TPSA) is 29.5 Å². The van der Waals surface area contributed by atoms with Crippen LogP contribution in [0.1, 0.15) is 37.2 Å². The van der Waals surface area contributed by atoms with E-state index in [0.29, 0.717) is 0 Å². The Bertz CT molecular complexity index is 251. The molecule has 0 saturated carbocycles. The lowest BCUT2D eigenvalue weighted by atomic mass is 10.1. The quantitative estimate of drug-likeness (QED) is 0.774. The normalized spacial score (nSPS) is 15.4. The third kappa shape index (κ3) is 2.54. The van der Waals surface area contributed by atoms with Crippen LogP contribution in [0.4, 0.5) is 0 Å². The summed E-state index contributed by atoms with van der Waals surface area (Å²) in [5, 5.41) is 9.28. The number of ether oxygens (including phenoxy) is 1. The third-order valence-corrected chi connectivity index (χ3v) is 2.24. The first kappa shape index (κ1) is 10.2. The SMILES string of the molecule is CO[C@H](C)c1ccc([C@H](C)O)cc1. The molecule has 0 bridgehead atoms. The summed E-state index contributed by atoms with van der Waals surface area (Å²) in [6.07, 6.45) is -0.282. The summed E-state index contributed by atoms with van der Waals surface area (Å²) in [5.41, 5.74) is 2.07. The van der Waals surface area contributed by atoms with E-state index in [-0.39, 0.29) is 6.10 Å². The van der Waals surface area contributed by atoms with Crippen LogP contribution in [0.2, 0.25) is 0 Å². The van der Waals surface area contributed by atoms with Gasteiger partial charge in [0.15, 0.2) is 0 Å². The first-order valence-electron chi connectivity index (χ1n) is 4.46. The zero-order valence-corrected chi connectivity index (χ0v) is 8.32. The van der Waals surface area contributed by atoms with Gasteiger partial charge in [-0.25, -0.2) is 0 Å². The van der Waals surface area contributed by atoms with Gasteiger partial charge in [0.05, 0.1) is 12.2 Å². The van der Waals surface area contributed by atoms with Crippen molar-refractivity contribution in [1.82, 2.24) is 0 Å². The van der Waals surface area contributed by atoms with E-state index in [1.54, 1.807) is 14.0 Å². The number of methoxy groups -OCH3 is 1. The van der Waals surface area contributed by atoms with Gasteiger partial charge in [0.1, 0.15) is 0 Å². The average molecular weight is 180 g/mol. The molecule has 0 saturated heterocycles. The highest BCUT2D eigenvalue weighted by Gasteiger charge is 2.04. The maximum Gasteiger partial charge on any atom is 0.0793 e.